The predicted molar refractivity (Wildman–Crippen MR) is 37.0 cm³/mol. The summed E-state index contributed by atoms with van der Waals surface area (Å²) < 4.78 is 0. The number of carbonyl (C=O) groups is 1. The van der Waals surface area contributed by atoms with Crippen molar-refractivity contribution in [3.63, 3.8) is 0 Å². The van der Waals surface area contributed by atoms with Gasteiger partial charge in [0.05, 0.1) is 0 Å². The normalized spacial score (nSPS) is 11.2. The van der Waals surface area contributed by atoms with E-state index >= 15 is 0 Å². The summed E-state index contributed by atoms with van der Waals surface area (Å²) >= 11 is 0. The number of nitrogens with zero attached hydrogens (tertiary/aromatic N) is 1. The second kappa shape index (κ2) is 4.78. The zero-order valence-corrected chi connectivity index (χ0v) is 6.13. The molecule has 10 heavy (non-hydrogen) atoms. The quantitative estimate of drug-likeness (QED) is 0.471. The van der Waals surface area contributed by atoms with E-state index in [-0.39, 0.29) is 5.71 Å². The molecule has 0 radical (unpaired) electrons. The number of hydrogen-bond donors (Lipinski definition) is 1. The third kappa shape index (κ3) is 3.06. The lowest BCUT2D eigenvalue weighted by Gasteiger charge is -1.95. The van der Waals surface area contributed by atoms with Crippen LogP contribution in [0.4, 0.5) is 0 Å². The maximum atomic E-state index is 10.2. The highest BCUT2D eigenvalue weighted by atomic mass is 16.6. The highest BCUT2D eigenvalue weighted by molar-refractivity contribution is 6.35. The average Bonchev–Trinajstić information content (AvgIpc) is 1.89. The van der Waals surface area contributed by atoms with Crippen LogP contribution >= 0.6 is 0 Å². The van der Waals surface area contributed by atoms with E-state index in [4.69, 9.17) is 5.11 Å². The molecule has 0 aromatic carbocycles. The molecule has 0 aliphatic carbocycles. The molecule has 0 amide bonds. The van der Waals surface area contributed by atoms with E-state index in [0.717, 1.165) is 0 Å². The molecular formula is C6H11NO3. The van der Waals surface area contributed by atoms with Crippen molar-refractivity contribution in [1.29, 1.82) is 0 Å². The summed E-state index contributed by atoms with van der Waals surface area (Å²) in [5.41, 5.74) is 0.0573. The first-order valence-electron chi connectivity index (χ1n) is 3.14. The maximum absolute atomic E-state index is 10.2. The van der Waals surface area contributed by atoms with E-state index in [2.05, 4.69) is 9.99 Å². The summed E-state index contributed by atoms with van der Waals surface area (Å²) in [6.07, 6.45) is 0.384. The molecule has 0 rings (SSSR count). The molecule has 0 fully saturated rings. The van der Waals surface area contributed by atoms with Crippen LogP contribution in [0.25, 0.3) is 0 Å². The molecule has 0 atom stereocenters. The zero-order valence-electron chi connectivity index (χ0n) is 6.13. The molecule has 0 aromatic heterocycles. The number of carboxylic acid groups (broad SMARTS) is 1. The molecule has 0 saturated heterocycles. The van der Waals surface area contributed by atoms with Gasteiger partial charge < -0.3 is 9.94 Å². The fourth-order valence-electron chi connectivity index (χ4n) is 0.397. The number of oxime groups is 1. The fourth-order valence-corrected chi connectivity index (χ4v) is 0.397. The van der Waals surface area contributed by atoms with Crippen molar-refractivity contribution in [2.24, 2.45) is 5.16 Å². The molecule has 0 saturated carbocycles. The van der Waals surface area contributed by atoms with Crippen LogP contribution in [-0.4, -0.2) is 23.4 Å². The number of carboxylic acids is 1. The van der Waals surface area contributed by atoms with E-state index in [1.165, 1.54) is 0 Å². The van der Waals surface area contributed by atoms with Gasteiger partial charge in [0.2, 0.25) is 0 Å². The third-order valence-electron chi connectivity index (χ3n) is 0.886. The minimum Gasteiger partial charge on any atom is -0.477 e. The molecular weight excluding hydrogens is 134 g/mol. The Labute approximate surface area is 59.5 Å². The summed E-state index contributed by atoms with van der Waals surface area (Å²) in [6, 6.07) is 0. The zero-order chi connectivity index (χ0) is 7.98. The Morgan fingerprint density at radius 1 is 1.60 bits per heavy atom. The Kier molecular flexibility index (Phi) is 4.28. The summed E-state index contributed by atoms with van der Waals surface area (Å²) in [5, 5.41) is 11.8. The number of rotatable bonds is 4. The molecule has 0 aliphatic heterocycles. The number of aliphatic carboxylic acids is 1. The van der Waals surface area contributed by atoms with Gasteiger partial charge in [0, 0.05) is 0 Å². The molecule has 4 nitrogen and oxygen atoms in total. The Morgan fingerprint density at radius 2 is 2.20 bits per heavy atom. The van der Waals surface area contributed by atoms with Crippen molar-refractivity contribution >= 4 is 11.7 Å². The summed E-state index contributed by atoms with van der Waals surface area (Å²) in [5.74, 6) is -1.02. The molecule has 0 aromatic rings. The van der Waals surface area contributed by atoms with E-state index in [1.807, 2.05) is 0 Å². The fraction of sp³-hybridized carbons (Fsp3) is 0.667. The van der Waals surface area contributed by atoms with Gasteiger partial charge in [-0.05, 0) is 13.3 Å². The lowest BCUT2D eigenvalue weighted by Crippen LogP contribution is -2.11. The highest BCUT2D eigenvalue weighted by Gasteiger charge is 2.05. The van der Waals surface area contributed by atoms with Crippen molar-refractivity contribution in [3.8, 4) is 0 Å². The monoisotopic (exact) mass is 145 g/mol. The first kappa shape index (κ1) is 8.94. The van der Waals surface area contributed by atoms with Gasteiger partial charge in [-0.3, -0.25) is 0 Å². The highest BCUT2D eigenvalue weighted by Crippen LogP contribution is 1.87. The SMILES string of the molecule is CCO/N=C(/CC)C(=O)O. The van der Waals surface area contributed by atoms with Gasteiger partial charge in [0.15, 0.2) is 5.71 Å². The Hall–Kier alpha value is -1.06. The topological polar surface area (TPSA) is 58.9 Å². The van der Waals surface area contributed by atoms with Gasteiger partial charge in [-0.1, -0.05) is 12.1 Å². The standard InChI is InChI=1S/C6H11NO3/c1-3-5(6(8)9)7-10-4-2/h3-4H2,1-2H3,(H,8,9)/b7-5-. The second-order valence-electron chi connectivity index (χ2n) is 1.61. The van der Waals surface area contributed by atoms with E-state index in [9.17, 15) is 4.79 Å². The smallest absolute Gasteiger partial charge is 0.353 e. The Balaban J connectivity index is 3.91. The Bertz CT molecular complexity index is 142. The van der Waals surface area contributed by atoms with Crippen molar-refractivity contribution in [2.45, 2.75) is 20.3 Å². The largest absolute Gasteiger partial charge is 0.477 e. The van der Waals surface area contributed by atoms with Gasteiger partial charge in [-0.25, -0.2) is 4.79 Å². The van der Waals surface area contributed by atoms with Crippen molar-refractivity contribution in [1.82, 2.24) is 0 Å². The van der Waals surface area contributed by atoms with E-state index < -0.39 is 5.97 Å². The molecule has 0 bridgehead atoms. The summed E-state index contributed by atoms with van der Waals surface area (Å²) in [6.45, 7) is 3.86. The molecule has 0 unspecified atom stereocenters. The van der Waals surface area contributed by atoms with Crippen LogP contribution in [-0.2, 0) is 9.63 Å². The molecule has 4 heteroatoms. The maximum Gasteiger partial charge on any atom is 0.353 e. The summed E-state index contributed by atoms with van der Waals surface area (Å²) in [4.78, 5) is 14.8. The van der Waals surface area contributed by atoms with Crippen LogP contribution in [0, 0.1) is 0 Å². The Morgan fingerprint density at radius 3 is 2.50 bits per heavy atom. The van der Waals surface area contributed by atoms with Gasteiger partial charge >= 0.3 is 5.97 Å². The molecule has 58 valence electrons. The molecule has 0 aliphatic rings. The second-order valence-corrected chi connectivity index (χ2v) is 1.61. The van der Waals surface area contributed by atoms with Gasteiger partial charge in [0.1, 0.15) is 6.61 Å². The minimum absolute atomic E-state index is 0.0573. The van der Waals surface area contributed by atoms with Crippen LogP contribution in [0.5, 0.6) is 0 Å². The molecule has 0 spiro atoms. The minimum atomic E-state index is -1.02. The van der Waals surface area contributed by atoms with E-state index in [0.29, 0.717) is 13.0 Å². The lowest BCUT2D eigenvalue weighted by molar-refractivity contribution is -0.129. The van der Waals surface area contributed by atoms with Crippen molar-refractivity contribution in [2.75, 3.05) is 6.61 Å². The van der Waals surface area contributed by atoms with Crippen LogP contribution in [0.3, 0.4) is 0 Å². The van der Waals surface area contributed by atoms with Crippen LogP contribution in [0.2, 0.25) is 0 Å². The van der Waals surface area contributed by atoms with Gasteiger partial charge in [-0.15, -0.1) is 0 Å². The van der Waals surface area contributed by atoms with Crippen LogP contribution < -0.4 is 0 Å². The number of hydrogen-bond acceptors (Lipinski definition) is 3. The van der Waals surface area contributed by atoms with Crippen molar-refractivity contribution in [3.05, 3.63) is 0 Å². The van der Waals surface area contributed by atoms with E-state index in [1.54, 1.807) is 13.8 Å². The average molecular weight is 145 g/mol. The summed E-state index contributed by atoms with van der Waals surface area (Å²) in [7, 11) is 0. The predicted octanol–water partition coefficient (Wildman–Crippen LogP) is 0.873. The van der Waals surface area contributed by atoms with Gasteiger partial charge in [0.25, 0.3) is 0 Å². The first-order valence-corrected chi connectivity index (χ1v) is 3.14. The van der Waals surface area contributed by atoms with Crippen molar-refractivity contribution < 1.29 is 14.7 Å². The van der Waals surface area contributed by atoms with Crippen LogP contribution in [0.1, 0.15) is 20.3 Å². The lowest BCUT2D eigenvalue weighted by atomic mass is 10.3. The van der Waals surface area contributed by atoms with Crippen LogP contribution in [0.15, 0.2) is 5.16 Å². The third-order valence-corrected chi connectivity index (χ3v) is 0.886. The molecule has 0 heterocycles. The first-order chi connectivity index (χ1) is 4.72. The van der Waals surface area contributed by atoms with Gasteiger partial charge in [-0.2, -0.15) is 0 Å². The molecule has 1 N–H and O–H groups in total.